The number of carbonyl (C=O) groups excluding carboxylic acids is 3. The van der Waals surface area contributed by atoms with Gasteiger partial charge in [-0.2, -0.15) is 0 Å². The van der Waals surface area contributed by atoms with Gasteiger partial charge in [0.05, 0.1) is 53.7 Å². The molecular formula is C57H105NO16. The predicted molar refractivity (Wildman–Crippen MR) is 283 cm³/mol. The van der Waals surface area contributed by atoms with Crippen molar-refractivity contribution >= 4 is 23.7 Å². The Labute approximate surface area is 445 Å². The molecule has 3 aliphatic rings. The van der Waals surface area contributed by atoms with Crippen molar-refractivity contribution in [1.82, 2.24) is 4.90 Å². The van der Waals surface area contributed by atoms with Crippen LogP contribution in [0, 0.1) is 23.7 Å². The Hall–Kier alpha value is -2.32. The summed E-state index contributed by atoms with van der Waals surface area (Å²) in [5, 5.41) is 55.0. The molecule has 3 saturated heterocycles. The van der Waals surface area contributed by atoms with Gasteiger partial charge in [0.1, 0.15) is 23.6 Å². The van der Waals surface area contributed by atoms with Gasteiger partial charge in [-0.1, -0.05) is 125 Å². The number of aliphatic carboxylic acids is 1. The maximum atomic E-state index is 14.2. The maximum Gasteiger partial charge on any atom is 0.311 e. The third-order valence-electron chi connectivity index (χ3n) is 16.1. The molecule has 0 saturated carbocycles. The molecule has 0 aromatic rings. The summed E-state index contributed by atoms with van der Waals surface area (Å²) >= 11 is 0. The normalized spacial score (nSPS) is 37.6. The number of aliphatic hydroxyl groups excluding tert-OH is 2. The number of likely N-dealkylation sites (N-methyl/N-ethyl adjacent to an activating group) is 1. The van der Waals surface area contributed by atoms with Crippen molar-refractivity contribution in [2.24, 2.45) is 23.7 Å². The zero-order valence-corrected chi connectivity index (χ0v) is 48.5. The summed E-state index contributed by atoms with van der Waals surface area (Å²) in [6.07, 6.45) is 10.4. The number of hydrogen-bond acceptors (Lipinski definition) is 16. The van der Waals surface area contributed by atoms with E-state index in [0.29, 0.717) is 12.8 Å². The van der Waals surface area contributed by atoms with Crippen molar-refractivity contribution in [3.8, 4) is 0 Å². The quantitative estimate of drug-likeness (QED) is 0.0449. The van der Waals surface area contributed by atoms with Crippen molar-refractivity contribution in [3.05, 3.63) is 0 Å². The van der Waals surface area contributed by atoms with E-state index in [-0.39, 0.29) is 31.4 Å². The fourth-order valence-corrected chi connectivity index (χ4v) is 11.4. The molecular weight excluding hydrogens is 955 g/mol. The van der Waals surface area contributed by atoms with Crippen LogP contribution in [0.3, 0.4) is 0 Å². The fraction of sp³-hybridized carbons (Fsp3) is 0.930. The Morgan fingerprint density at radius 3 is 1.73 bits per heavy atom. The standard InChI is InChI=1S/C39H69NO14.C18H36O2/c1-15-27-39(11,47)32(43)21(4)29(42)19(2)17-37(9,46)34(54-36-31(51-25(8)41)26(40(12)13)16-20(3)49-36)22(5)30(23(6)35(45)52-27)53-28-18-38(10,48-14)33(44)24(7)50-28;1-2-3-4-5-6-7-8-9-10-11-12-13-14-15-16-17-18(19)20/h19-24,26-28,30-34,36,43-44,46-47H,15-18H2,1-14H3;2-17H2,1H3,(H,19,20)/t19-,20-,21-,22+,23-,24+,26+,27+,28+,30+,31-,32-,33+,34-,36+,37?,38-,39-;/m1./s1. The minimum absolute atomic E-state index is 0.0755. The first-order valence-electron chi connectivity index (χ1n) is 28.4. The average Bonchev–Trinajstić information content (AvgIpc) is 3.33. The topological polar surface area (TPSA) is 237 Å². The zero-order chi connectivity index (χ0) is 56.1. The predicted octanol–water partition coefficient (Wildman–Crippen LogP) is 8.69. The Morgan fingerprint density at radius 1 is 0.730 bits per heavy atom. The van der Waals surface area contributed by atoms with E-state index in [1.54, 1.807) is 41.5 Å². The number of carbonyl (C=O) groups is 4. The molecule has 1 unspecified atom stereocenters. The lowest BCUT2D eigenvalue weighted by atomic mass is 9.74. The fourth-order valence-electron chi connectivity index (χ4n) is 11.4. The summed E-state index contributed by atoms with van der Waals surface area (Å²) in [7, 11) is 5.19. The third-order valence-corrected chi connectivity index (χ3v) is 16.1. The van der Waals surface area contributed by atoms with Gasteiger partial charge in [0.15, 0.2) is 18.7 Å². The van der Waals surface area contributed by atoms with Gasteiger partial charge in [0.25, 0.3) is 0 Å². The molecule has 3 fully saturated rings. The van der Waals surface area contributed by atoms with Gasteiger partial charge in [-0.25, -0.2) is 0 Å². The second-order valence-corrected chi connectivity index (χ2v) is 23.1. The van der Waals surface area contributed by atoms with E-state index in [1.807, 2.05) is 25.9 Å². The minimum Gasteiger partial charge on any atom is -0.481 e. The number of unbranched alkanes of at least 4 members (excludes halogenated alkanes) is 14. The van der Waals surface area contributed by atoms with Gasteiger partial charge >= 0.3 is 17.9 Å². The zero-order valence-electron chi connectivity index (χ0n) is 48.5. The number of cyclic esters (lactones) is 1. The lowest BCUT2D eigenvalue weighted by Crippen LogP contribution is -2.61. The van der Waals surface area contributed by atoms with Gasteiger partial charge in [-0.15, -0.1) is 0 Å². The molecule has 434 valence electrons. The number of methoxy groups -OCH3 is 1. The van der Waals surface area contributed by atoms with Gasteiger partial charge in [-0.05, 0) is 81.3 Å². The highest BCUT2D eigenvalue weighted by Gasteiger charge is 2.54. The monoisotopic (exact) mass is 1060 g/mol. The number of Topliss-reactive ketones (excluding diaryl/α,β-unsaturated/α-hetero) is 1. The Balaban J connectivity index is 0.000000788. The molecule has 0 amide bonds. The van der Waals surface area contributed by atoms with Crippen LogP contribution in [-0.4, -0.2) is 160 Å². The highest BCUT2D eigenvalue weighted by atomic mass is 16.7. The van der Waals surface area contributed by atoms with E-state index in [2.05, 4.69) is 6.92 Å². The summed E-state index contributed by atoms with van der Waals surface area (Å²) in [5.74, 6) is -6.33. The molecule has 0 aliphatic carbocycles. The van der Waals surface area contributed by atoms with Crippen LogP contribution in [0.15, 0.2) is 0 Å². The van der Waals surface area contributed by atoms with Crippen LogP contribution in [0.25, 0.3) is 0 Å². The molecule has 18 atom stereocenters. The van der Waals surface area contributed by atoms with Gasteiger partial charge in [-0.3, -0.25) is 19.2 Å². The number of carboxylic acids is 1. The smallest absolute Gasteiger partial charge is 0.311 e. The third kappa shape index (κ3) is 20.8. The molecule has 3 heterocycles. The lowest BCUT2D eigenvalue weighted by molar-refractivity contribution is -0.318. The molecule has 5 N–H and O–H groups in total. The summed E-state index contributed by atoms with van der Waals surface area (Å²) in [6.45, 7) is 19.8. The lowest BCUT2D eigenvalue weighted by Gasteiger charge is -2.49. The van der Waals surface area contributed by atoms with Crippen molar-refractivity contribution in [2.75, 3.05) is 21.2 Å². The van der Waals surface area contributed by atoms with Gasteiger partial charge in [0, 0.05) is 44.6 Å². The number of ketones is 1. The highest BCUT2D eigenvalue weighted by molar-refractivity contribution is 5.83. The van der Waals surface area contributed by atoms with E-state index in [1.165, 1.54) is 118 Å². The first-order chi connectivity index (χ1) is 34.6. The van der Waals surface area contributed by atoms with Crippen LogP contribution in [0.2, 0.25) is 0 Å². The van der Waals surface area contributed by atoms with Crippen LogP contribution in [0.4, 0.5) is 0 Å². The van der Waals surface area contributed by atoms with Crippen LogP contribution in [-0.2, 0) is 52.3 Å². The van der Waals surface area contributed by atoms with Crippen molar-refractivity contribution < 1.29 is 77.9 Å². The average molecular weight is 1060 g/mol. The number of hydrogen-bond donors (Lipinski definition) is 5. The Morgan fingerprint density at radius 2 is 1.26 bits per heavy atom. The first-order valence-corrected chi connectivity index (χ1v) is 28.4. The number of aliphatic hydroxyl groups is 4. The molecule has 0 radical (unpaired) electrons. The molecule has 3 aliphatic heterocycles. The largest absolute Gasteiger partial charge is 0.481 e. The summed E-state index contributed by atoms with van der Waals surface area (Å²) < 4.78 is 43.3. The van der Waals surface area contributed by atoms with Crippen molar-refractivity contribution in [2.45, 2.75) is 296 Å². The van der Waals surface area contributed by atoms with Crippen LogP contribution < -0.4 is 0 Å². The summed E-state index contributed by atoms with van der Waals surface area (Å²) in [4.78, 5) is 52.8. The van der Waals surface area contributed by atoms with Crippen molar-refractivity contribution in [3.63, 3.8) is 0 Å². The highest BCUT2D eigenvalue weighted by Crippen LogP contribution is 2.41. The second kappa shape index (κ2) is 32.5. The van der Waals surface area contributed by atoms with E-state index in [9.17, 15) is 39.6 Å². The van der Waals surface area contributed by atoms with Gasteiger partial charge in [0.2, 0.25) is 0 Å². The van der Waals surface area contributed by atoms with E-state index in [4.69, 9.17) is 38.3 Å². The number of nitrogens with zero attached hydrogens (tertiary/aromatic N) is 1. The second-order valence-electron chi connectivity index (χ2n) is 23.1. The van der Waals surface area contributed by atoms with E-state index in [0.717, 1.165) is 12.8 Å². The number of ether oxygens (including phenoxy) is 7. The molecule has 0 aromatic carbocycles. The summed E-state index contributed by atoms with van der Waals surface area (Å²) in [6, 6.07) is -0.320. The molecule has 74 heavy (non-hydrogen) atoms. The molecule has 3 rings (SSSR count). The van der Waals surface area contributed by atoms with Crippen LogP contribution in [0.1, 0.15) is 212 Å². The maximum absolute atomic E-state index is 14.2. The first kappa shape index (κ1) is 67.8. The SMILES string of the molecule is CCCCCCCCCCCCCCCCCC(=O)O.CC[C@@H]1OC(=O)[C@H](C)[C@@H](O[C@H]2C[C@@](C)(OC)[C@@H](O)[C@H](C)O2)[C@H](C)[C@@H](O[C@@H]2O[C@H](C)C[C@H](N(C)C)[C@H]2OC(C)=O)C(C)(O)C[C@@H](C)C(=O)[C@@H](C)[C@@H](O)[C@]1(C)O. The van der Waals surface area contributed by atoms with Crippen LogP contribution >= 0.6 is 0 Å². The van der Waals surface area contributed by atoms with E-state index < -0.39 is 119 Å². The van der Waals surface area contributed by atoms with Crippen LogP contribution in [0.5, 0.6) is 0 Å². The van der Waals surface area contributed by atoms with Crippen molar-refractivity contribution in [1.29, 1.82) is 0 Å². The number of esters is 2. The molecule has 0 aromatic heterocycles. The number of rotatable bonds is 24. The van der Waals surface area contributed by atoms with E-state index >= 15 is 0 Å². The Kier molecular flexibility index (Phi) is 29.8. The Bertz CT molecular complexity index is 1640. The van der Waals surface area contributed by atoms with Gasteiger partial charge < -0.3 is 63.6 Å². The molecule has 17 heteroatoms. The molecule has 0 bridgehead atoms. The minimum atomic E-state index is -2.01. The molecule has 0 spiro atoms. The molecule has 17 nitrogen and oxygen atoms in total. The number of carboxylic acid groups (broad SMARTS) is 1. The summed E-state index contributed by atoms with van der Waals surface area (Å²) in [5.41, 5.74) is -4.92.